The maximum absolute atomic E-state index is 12.4. The summed E-state index contributed by atoms with van der Waals surface area (Å²) in [6.07, 6.45) is 3.39. The van der Waals surface area contributed by atoms with Crippen LogP contribution in [0.5, 0.6) is 0 Å². The van der Waals surface area contributed by atoms with Crippen LogP contribution in [0.1, 0.15) is 39.4 Å². The van der Waals surface area contributed by atoms with Crippen LogP contribution in [-0.4, -0.2) is 26.7 Å². The SMILES string of the molecule is CC1C(N)CCC(C(=O)NCc2ncn(C)n2)C1(C)C. The van der Waals surface area contributed by atoms with Crippen LogP contribution in [-0.2, 0) is 18.4 Å². The van der Waals surface area contributed by atoms with Crippen LogP contribution in [0.2, 0.25) is 0 Å². The number of carbonyl (C=O) groups excluding carboxylic acids is 1. The second-order valence-electron chi connectivity index (χ2n) is 6.46. The van der Waals surface area contributed by atoms with Gasteiger partial charge in [0.2, 0.25) is 5.91 Å². The lowest BCUT2D eigenvalue weighted by atomic mass is 9.61. The summed E-state index contributed by atoms with van der Waals surface area (Å²) in [5.74, 6) is 1.06. The third-order valence-corrected chi connectivity index (χ3v) is 4.89. The number of rotatable bonds is 3. The first kappa shape index (κ1) is 15.0. The fourth-order valence-corrected chi connectivity index (χ4v) is 3.07. The van der Waals surface area contributed by atoms with Crippen molar-refractivity contribution in [3.8, 4) is 0 Å². The van der Waals surface area contributed by atoms with Crippen LogP contribution in [0.15, 0.2) is 6.33 Å². The van der Waals surface area contributed by atoms with Gasteiger partial charge in [-0.1, -0.05) is 20.8 Å². The summed E-state index contributed by atoms with van der Waals surface area (Å²) in [5.41, 5.74) is 6.05. The molecule has 3 unspecified atom stereocenters. The van der Waals surface area contributed by atoms with Gasteiger partial charge in [0.15, 0.2) is 5.82 Å². The van der Waals surface area contributed by atoms with Gasteiger partial charge in [0, 0.05) is 19.0 Å². The molecule has 0 aliphatic heterocycles. The van der Waals surface area contributed by atoms with Crippen molar-refractivity contribution in [2.75, 3.05) is 0 Å². The number of nitrogens with two attached hydrogens (primary N) is 1. The average molecular weight is 279 g/mol. The number of aromatic nitrogens is 3. The first-order chi connectivity index (χ1) is 9.32. The van der Waals surface area contributed by atoms with Crippen LogP contribution < -0.4 is 11.1 Å². The van der Waals surface area contributed by atoms with E-state index in [1.165, 1.54) is 0 Å². The van der Waals surface area contributed by atoms with Gasteiger partial charge in [-0.05, 0) is 24.2 Å². The van der Waals surface area contributed by atoms with Crippen LogP contribution >= 0.6 is 0 Å². The van der Waals surface area contributed by atoms with E-state index in [-0.39, 0.29) is 23.3 Å². The number of hydrogen-bond donors (Lipinski definition) is 2. The van der Waals surface area contributed by atoms with E-state index in [4.69, 9.17) is 5.73 Å². The Balaban J connectivity index is 1.98. The summed E-state index contributed by atoms with van der Waals surface area (Å²) >= 11 is 0. The molecule has 6 heteroatoms. The van der Waals surface area contributed by atoms with E-state index < -0.39 is 0 Å². The van der Waals surface area contributed by atoms with E-state index in [9.17, 15) is 4.79 Å². The molecule has 0 aromatic carbocycles. The zero-order valence-electron chi connectivity index (χ0n) is 12.8. The Morgan fingerprint density at radius 1 is 1.55 bits per heavy atom. The first-order valence-electron chi connectivity index (χ1n) is 7.20. The molecule has 0 bridgehead atoms. The van der Waals surface area contributed by atoms with E-state index in [2.05, 4.69) is 36.2 Å². The Bertz CT molecular complexity index is 482. The van der Waals surface area contributed by atoms with Crippen molar-refractivity contribution < 1.29 is 4.79 Å². The highest BCUT2D eigenvalue weighted by Gasteiger charge is 2.44. The number of hydrogen-bond acceptors (Lipinski definition) is 4. The van der Waals surface area contributed by atoms with Crippen molar-refractivity contribution in [2.45, 2.75) is 46.2 Å². The minimum atomic E-state index is -0.0840. The number of aryl methyl sites for hydroxylation is 1. The maximum Gasteiger partial charge on any atom is 0.224 e. The van der Waals surface area contributed by atoms with Gasteiger partial charge in [0.25, 0.3) is 0 Å². The molecule has 6 nitrogen and oxygen atoms in total. The molecule has 0 saturated heterocycles. The average Bonchev–Trinajstić information content (AvgIpc) is 2.79. The summed E-state index contributed by atoms with van der Waals surface area (Å²) in [5, 5.41) is 7.12. The molecule has 3 N–H and O–H groups in total. The van der Waals surface area contributed by atoms with Gasteiger partial charge in [-0.3, -0.25) is 9.48 Å². The quantitative estimate of drug-likeness (QED) is 0.858. The minimum absolute atomic E-state index is 0.000937. The van der Waals surface area contributed by atoms with E-state index in [0.717, 1.165) is 12.8 Å². The lowest BCUT2D eigenvalue weighted by Gasteiger charge is -2.46. The third kappa shape index (κ3) is 2.85. The Labute approximate surface area is 120 Å². The van der Waals surface area contributed by atoms with Crippen molar-refractivity contribution >= 4 is 5.91 Å². The van der Waals surface area contributed by atoms with Crippen molar-refractivity contribution in [2.24, 2.45) is 30.0 Å². The lowest BCUT2D eigenvalue weighted by Crippen LogP contribution is -2.51. The molecule has 1 aliphatic rings. The molecule has 1 saturated carbocycles. The molecule has 1 aliphatic carbocycles. The summed E-state index contributed by atoms with van der Waals surface area (Å²) in [6.45, 7) is 6.80. The molecule has 1 aromatic rings. The van der Waals surface area contributed by atoms with Crippen molar-refractivity contribution in [1.29, 1.82) is 0 Å². The van der Waals surface area contributed by atoms with E-state index >= 15 is 0 Å². The Morgan fingerprint density at radius 3 is 2.85 bits per heavy atom. The highest BCUT2D eigenvalue weighted by atomic mass is 16.1. The van der Waals surface area contributed by atoms with Crippen LogP contribution in [0.3, 0.4) is 0 Å². The van der Waals surface area contributed by atoms with Crippen LogP contribution in [0.4, 0.5) is 0 Å². The highest BCUT2D eigenvalue weighted by Crippen LogP contribution is 2.44. The molecule has 112 valence electrons. The van der Waals surface area contributed by atoms with Gasteiger partial charge >= 0.3 is 0 Å². The van der Waals surface area contributed by atoms with Gasteiger partial charge < -0.3 is 11.1 Å². The van der Waals surface area contributed by atoms with Crippen molar-refractivity contribution in [1.82, 2.24) is 20.1 Å². The molecule has 20 heavy (non-hydrogen) atoms. The molecule has 1 fully saturated rings. The largest absolute Gasteiger partial charge is 0.348 e. The standard InChI is InChI=1S/C14H25N5O/c1-9-11(15)6-5-10(14(9,2)3)13(20)16-7-12-17-8-19(4)18-12/h8-11H,5-7,15H2,1-4H3,(H,16,20). The molecule has 2 rings (SSSR count). The number of nitrogens with one attached hydrogen (secondary N) is 1. The smallest absolute Gasteiger partial charge is 0.224 e. The fraction of sp³-hybridized carbons (Fsp3) is 0.786. The number of nitrogens with zero attached hydrogens (tertiary/aromatic N) is 3. The Kier molecular flexibility index (Phi) is 4.13. The Morgan fingerprint density at radius 2 is 2.25 bits per heavy atom. The predicted octanol–water partition coefficient (Wildman–Crippen LogP) is 0.831. The van der Waals surface area contributed by atoms with E-state index in [1.807, 2.05) is 7.05 Å². The molecular formula is C14H25N5O. The molecule has 0 radical (unpaired) electrons. The molecule has 3 atom stereocenters. The van der Waals surface area contributed by atoms with Crippen LogP contribution in [0, 0.1) is 17.3 Å². The normalized spacial score (nSPS) is 29.1. The molecule has 1 aromatic heterocycles. The fourth-order valence-electron chi connectivity index (χ4n) is 3.07. The summed E-state index contributed by atoms with van der Waals surface area (Å²) in [7, 11) is 1.81. The van der Waals surface area contributed by atoms with Crippen molar-refractivity contribution in [3.63, 3.8) is 0 Å². The second-order valence-corrected chi connectivity index (χ2v) is 6.46. The number of carbonyl (C=O) groups is 1. The second kappa shape index (κ2) is 5.52. The first-order valence-corrected chi connectivity index (χ1v) is 7.20. The van der Waals surface area contributed by atoms with E-state index in [0.29, 0.717) is 18.3 Å². The molecule has 0 spiro atoms. The monoisotopic (exact) mass is 279 g/mol. The van der Waals surface area contributed by atoms with Gasteiger partial charge in [0.1, 0.15) is 6.33 Å². The van der Waals surface area contributed by atoms with Gasteiger partial charge in [-0.2, -0.15) is 5.10 Å². The zero-order chi connectivity index (χ0) is 14.9. The maximum atomic E-state index is 12.4. The van der Waals surface area contributed by atoms with Crippen molar-refractivity contribution in [3.05, 3.63) is 12.2 Å². The van der Waals surface area contributed by atoms with Crippen LogP contribution in [0.25, 0.3) is 0 Å². The van der Waals surface area contributed by atoms with Gasteiger partial charge in [0.05, 0.1) is 6.54 Å². The third-order valence-electron chi connectivity index (χ3n) is 4.89. The topological polar surface area (TPSA) is 85.8 Å². The molecule has 1 heterocycles. The number of amides is 1. The van der Waals surface area contributed by atoms with E-state index in [1.54, 1.807) is 11.0 Å². The van der Waals surface area contributed by atoms with Gasteiger partial charge in [-0.15, -0.1) is 0 Å². The van der Waals surface area contributed by atoms with Gasteiger partial charge in [-0.25, -0.2) is 4.98 Å². The summed E-state index contributed by atoms with van der Waals surface area (Å²) in [4.78, 5) is 16.5. The predicted molar refractivity (Wildman–Crippen MR) is 76.5 cm³/mol. The Hall–Kier alpha value is -1.43. The lowest BCUT2D eigenvalue weighted by molar-refractivity contribution is -0.132. The highest BCUT2D eigenvalue weighted by molar-refractivity contribution is 5.79. The molecular weight excluding hydrogens is 254 g/mol. The summed E-state index contributed by atoms with van der Waals surface area (Å²) in [6, 6.07) is 0.187. The summed E-state index contributed by atoms with van der Waals surface area (Å²) < 4.78 is 1.63. The molecule has 1 amide bonds. The zero-order valence-corrected chi connectivity index (χ0v) is 12.8. The minimum Gasteiger partial charge on any atom is -0.348 e.